The van der Waals surface area contributed by atoms with Gasteiger partial charge in [0, 0.05) is 29.6 Å². The molecule has 7 heteroatoms. The molecule has 1 aliphatic heterocycles. The summed E-state index contributed by atoms with van der Waals surface area (Å²) in [6.07, 6.45) is 0.501. The van der Waals surface area contributed by atoms with Crippen LogP contribution in [-0.2, 0) is 16.0 Å². The minimum atomic E-state index is -0.204. The van der Waals surface area contributed by atoms with Crippen molar-refractivity contribution in [1.82, 2.24) is 10.3 Å². The Balaban J connectivity index is 1.34. The minimum Gasteiger partial charge on any atom is -0.497 e. The summed E-state index contributed by atoms with van der Waals surface area (Å²) in [5, 5.41) is 5.77. The lowest BCUT2D eigenvalue weighted by atomic mass is 10.2. The Kier molecular flexibility index (Phi) is 5.57. The Morgan fingerprint density at radius 1 is 1.21 bits per heavy atom. The number of amides is 2. The number of aromatic nitrogens is 1. The van der Waals surface area contributed by atoms with Crippen LogP contribution in [0.15, 0.2) is 60.0 Å². The zero-order chi connectivity index (χ0) is 20.2. The van der Waals surface area contributed by atoms with Gasteiger partial charge in [0.25, 0.3) is 0 Å². The molecule has 2 aromatic carbocycles. The summed E-state index contributed by atoms with van der Waals surface area (Å²) in [5.74, 6) is 0.619. The van der Waals surface area contributed by atoms with Crippen LogP contribution < -0.4 is 15.0 Å². The second-order valence-corrected chi connectivity index (χ2v) is 7.72. The summed E-state index contributed by atoms with van der Waals surface area (Å²) in [4.78, 5) is 31.1. The molecule has 0 unspecified atom stereocenters. The quantitative estimate of drug-likeness (QED) is 0.681. The Hall–Kier alpha value is -3.19. The molecule has 1 saturated heterocycles. The third-order valence-corrected chi connectivity index (χ3v) is 5.73. The first-order valence-corrected chi connectivity index (χ1v) is 10.2. The molecule has 4 rings (SSSR count). The molecule has 0 bridgehead atoms. The van der Waals surface area contributed by atoms with E-state index in [-0.39, 0.29) is 24.3 Å². The highest BCUT2D eigenvalue weighted by atomic mass is 32.1. The third-order valence-electron chi connectivity index (χ3n) is 4.79. The lowest BCUT2D eigenvalue weighted by Gasteiger charge is -2.17. The molecule has 29 heavy (non-hydrogen) atoms. The van der Waals surface area contributed by atoms with Gasteiger partial charge in [-0.1, -0.05) is 30.3 Å². The summed E-state index contributed by atoms with van der Waals surface area (Å²) >= 11 is 1.52. The molecule has 0 radical (unpaired) electrons. The predicted octanol–water partition coefficient (Wildman–Crippen LogP) is 3.28. The molecule has 2 amide bonds. The van der Waals surface area contributed by atoms with Crippen LogP contribution in [0.2, 0.25) is 0 Å². The average Bonchev–Trinajstić information content (AvgIpc) is 3.35. The standard InChI is InChI=1S/C22H21N3O3S/c1-28-19-9-7-18(8-10-19)25-13-16(12-21(25)27)23-20(26)11-17-14-29-22(24-17)15-5-3-2-4-6-15/h2-10,14,16H,11-13H2,1H3,(H,23,26)/t16-/m1/s1. The number of nitrogens with zero attached hydrogens (tertiary/aromatic N) is 2. The van der Waals surface area contributed by atoms with Gasteiger partial charge in [0.05, 0.1) is 25.3 Å². The van der Waals surface area contributed by atoms with Crippen molar-refractivity contribution in [3.8, 4) is 16.3 Å². The van der Waals surface area contributed by atoms with E-state index in [1.165, 1.54) is 11.3 Å². The summed E-state index contributed by atoms with van der Waals surface area (Å²) in [5.41, 5.74) is 2.59. The van der Waals surface area contributed by atoms with Crippen molar-refractivity contribution in [2.24, 2.45) is 0 Å². The largest absolute Gasteiger partial charge is 0.497 e. The molecule has 6 nitrogen and oxygen atoms in total. The number of carbonyl (C=O) groups is 2. The summed E-state index contributed by atoms with van der Waals surface area (Å²) in [7, 11) is 1.60. The van der Waals surface area contributed by atoms with Gasteiger partial charge in [-0.3, -0.25) is 9.59 Å². The topological polar surface area (TPSA) is 71.5 Å². The molecule has 1 atom stereocenters. The molecule has 3 aromatic rings. The van der Waals surface area contributed by atoms with Gasteiger partial charge in [0.15, 0.2) is 0 Å². The van der Waals surface area contributed by atoms with Crippen LogP contribution in [0.1, 0.15) is 12.1 Å². The van der Waals surface area contributed by atoms with Gasteiger partial charge in [-0.15, -0.1) is 11.3 Å². The van der Waals surface area contributed by atoms with Gasteiger partial charge in [0.1, 0.15) is 10.8 Å². The molecule has 2 heterocycles. The van der Waals surface area contributed by atoms with Crippen LogP contribution in [0.3, 0.4) is 0 Å². The average molecular weight is 407 g/mol. The molecular weight excluding hydrogens is 386 g/mol. The lowest BCUT2D eigenvalue weighted by Crippen LogP contribution is -2.38. The molecule has 0 aliphatic carbocycles. The van der Waals surface area contributed by atoms with E-state index >= 15 is 0 Å². The van der Waals surface area contributed by atoms with E-state index in [1.807, 2.05) is 60.0 Å². The molecule has 1 aliphatic rings. The SMILES string of the molecule is COc1ccc(N2C[C@H](NC(=O)Cc3csc(-c4ccccc4)n3)CC2=O)cc1. The summed E-state index contributed by atoms with van der Waals surface area (Å²) < 4.78 is 5.15. The second kappa shape index (κ2) is 8.45. The van der Waals surface area contributed by atoms with Crippen molar-refractivity contribution < 1.29 is 14.3 Å². The molecule has 1 N–H and O–H groups in total. The fourth-order valence-electron chi connectivity index (χ4n) is 3.36. The number of thiazole rings is 1. The zero-order valence-electron chi connectivity index (χ0n) is 16.0. The molecule has 1 fully saturated rings. The van der Waals surface area contributed by atoms with Crippen molar-refractivity contribution >= 4 is 28.8 Å². The van der Waals surface area contributed by atoms with Crippen molar-refractivity contribution in [3.63, 3.8) is 0 Å². The maximum Gasteiger partial charge on any atom is 0.229 e. The van der Waals surface area contributed by atoms with Crippen LogP contribution in [0.4, 0.5) is 5.69 Å². The number of nitrogens with one attached hydrogen (secondary N) is 1. The number of anilines is 1. The van der Waals surface area contributed by atoms with Crippen LogP contribution in [0.5, 0.6) is 5.75 Å². The Bertz CT molecular complexity index is 1000. The van der Waals surface area contributed by atoms with Crippen LogP contribution in [0, 0.1) is 0 Å². The van der Waals surface area contributed by atoms with Crippen molar-refractivity contribution in [2.75, 3.05) is 18.6 Å². The fraction of sp³-hybridized carbons (Fsp3) is 0.227. The fourth-order valence-corrected chi connectivity index (χ4v) is 4.19. The Labute approximate surface area is 173 Å². The maximum absolute atomic E-state index is 12.5. The molecule has 0 saturated carbocycles. The van der Waals surface area contributed by atoms with Gasteiger partial charge >= 0.3 is 0 Å². The first-order valence-electron chi connectivity index (χ1n) is 9.36. The Morgan fingerprint density at radius 2 is 1.97 bits per heavy atom. The number of rotatable bonds is 6. The van der Waals surface area contributed by atoms with Crippen LogP contribution in [0.25, 0.3) is 10.6 Å². The number of benzene rings is 2. The zero-order valence-corrected chi connectivity index (χ0v) is 16.8. The number of hydrogen-bond donors (Lipinski definition) is 1. The van der Waals surface area contributed by atoms with Crippen molar-refractivity contribution in [3.05, 3.63) is 65.7 Å². The number of hydrogen-bond acceptors (Lipinski definition) is 5. The van der Waals surface area contributed by atoms with Gasteiger partial charge in [-0.05, 0) is 24.3 Å². The predicted molar refractivity (Wildman–Crippen MR) is 113 cm³/mol. The highest BCUT2D eigenvalue weighted by Gasteiger charge is 2.31. The minimum absolute atomic E-state index is 0.000453. The Morgan fingerprint density at radius 3 is 2.69 bits per heavy atom. The van der Waals surface area contributed by atoms with E-state index in [9.17, 15) is 9.59 Å². The van der Waals surface area contributed by atoms with Gasteiger partial charge in [-0.25, -0.2) is 4.98 Å². The van der Waals surface area contributed by atoms with Crippen molar-refractivity contribution in [2.45, 2.75) is 18.9 Å². The van der Waals surface area contributed by atoms with E-state index in [1.54, 1.807) is 12.0 Å². The summed E-state index contributed by atoms with van der Waals surface area (Å²) in [6.45, 7) is 0.462. The van der Waals surface area contributed by atoms with E-state index in [0.29, 0.717) is 13.0 Å². The molecule has 148 valence electrons. The van der Waals surface area contributed by atoms with Gasteiger partial charge in [0.2, 0.25) is 11.8 Å². The van der Waals surface area contributed by atoms with Gasteiger partial charge in [-0.2, -0.15) is 0 Å². The highest BCUT2D eigenvalue weighted by Crippen LogP contribution is 2.25. The van der Waals surface area contributed by atoms with Crippen molar-refractivity contribution in [1.29, 1.82) is 0 Å². The molecular formula is C22H21N3O3S. The van der Waals surface area contributed by atoms with Gasteiger partial charge < -0.3 is 15.0 Å². The second-order valence-electron chi connectivity index (χ2n) is 6.86. The number of methoxy groups -OCH3 is 1. The third kappa shape index (κ3) is 4.46. The smallest absolute Gasteiger partial charge is 0.229 e. The van der Waals surface area contributed by atoms with Crippen LogP contribution in [-0.4, -0.2) is 36.5 Å². The molecule has 0 spiro atoms. The normalized spacial score (nSPS) is 16.1. The first kappa shape index (κ1) is 19.1. The van der Waals surface area contributed by atoms with E-state index in [2.05, 4.69) is 10.3 Å². The van der Waals surface area contributed by atoms with E-state index < -0.39 is 0 Å². The first-order chi connectivity index (χ1) is 14.1. The van der Waals surface area contributed by atoms with E-state index in [4.69, 9.17) is 4.74 Å². The monoisotopic (exact) mass is 407 g/mol. The summed E-state index contributed by atoms with van der Waals surface area (Å²) in [6, 6.07) is 17.0. The highest BCUT2D eigenvalue weighted by molar-refractivity contribution is 7.13. The molecule has 1 aromatic heterocycles. The number of carbonyl (C=O) groups excluding carboxylic acids is 2. The number of ether oxygens (including phenoxy) is 1. The van der Waals surface area contributed by atoms with E-state index in [0.717, 1.165) is 27.7 Å². The van der Waals surface area contributed by atoms with Crippen LogP contribution >= 0.6 is 11.3 Å². The lowest BCUT2D eigenvalue weighted by molar-refractivity contribution is -0.121. The maximum atomic E-state index is 12.5.